The van der Waals surface area contributed by atoms with E-state index in [-0.39, 0.29) is 35.1 Å². The van der Waals surface area contributed by atoms with Crippen molar-refractivity contribution in [3.8, 4) is 0 Å². The zero-order valence-electron chi connectivity index (χ0n) is 12.0. The van der Waals surface area contributed by atoms with Crippen LogP contribution in [0.3, 0.4) is 0 Å². The van der Waals surface area contributed by atoms with Crippen LogP contribution in [0, 0.1) is 5.82 Å². The normalized spacial score (nSPS) is 13.3. The molecule has 1 aromatic heterocycles. The molecule has 0 aliphatic carbocycles. The van der Waals surface area contributed by atoms with Crippen LogP contribution in [0.25, 0.3) is 0 Å². The van der Waals surface area contributed by atoms with Crippen molar-refractivity contribution in [2.24, 2.45) is 0 Å². The highest BCUT2D eigenvalue weighted by Gasteiger charge is 2.13. The average Bonchev–Trinajstić information content (AvgIpc) is 2.84. The van der Waals surface area contributed by atoms with Crippen LogP contribution in [-0.4, -0.2) is 24.8 Å². The Morgan fingerprint density at radius 1 is 1.45 bits per heavy atom. The fraction of sp³-hybridized carbons (Fsp3) is 0.385. The first kappa shape index (κ1) is 16.9. The highest BCUT2D eigenvalue weighted by Crippen LogP contribution is 2.20. The Kier molecular flexibility index (Phi) is 5.15. The molecule has 1 heterocycles. The van der Waals surface area contributed by atoms with Gasteiger partial charge in [0.25, 0.3) is 0 Å². The van der Waals surface area contributed by atoms with E-state index in [9.17, 15) is 12.8 Å². The molecular formula is C13H15ClFN3O3S. The summed E-state index contributed by atoms with van der Waals surface area (Å²) >= 11 is 5.74. The van der Waals surface area contributed by atoms with Crippen LogP contribution < -0.4 is 5.32 Å². The first-order valence-corrected chi connectivity index (χ1v) is 8.86. The molecule has 2 rings (SSSR count). The SMILES string of the molecule is CC(NCc1nc(CS(C)(=O)=O)no1)c1ccc(F)c(Cl)c1. The molecule has 9 heteroatoms. The van der Waals surface area contributed by atoms with Gasteiger partial charge in [-0.05, 0) is 24.6 Å². The Hall–Kier alpha value is -1.51. The molecule has 0 amide bonds. The van der Waals surface area contributed by atoms with E-state index in [1.54, 1.807) is 6.07 Å². The molecule has 1 atom stereocenters. The van der Waals surface area contributed by atoms with Gasteiger partial charge in [0.05, 0.1) is 11.6 Å². The number of hydrogen-bond acceptors (Lipinski definition) is 6. The topological polar surface area (TPSA) is 85.1 Å². The summed E-state index contributed by atoms with van der Waals surface area (Å²) in [7, 11) is -3.20. The van der Waals surface area contributed by atoms with Gasteiger partial charge in [0.1, 0.15) is 11.6 Å². The second kappa shape index (κ2) is 6.72. The summed E-state index contributed by atoms with van der Waals surface area (Å²) in [4.78, 5) is 3.99. The van der Waals surface area contributed by atoms with Crippen LogP contribution in [-0.2, 0) is 22.1 Å². The summed E-state index contributed by atoms with van der Waals surface area (Å²) in [5.41, 5.74) is 0.808. The van der Waals surface area contributed by atoms with Gasteiger partial charge < -0.3 is 9.84 Å². The summed E-state index contributed by atoms with van der Waals surface area (Å²) < 4.78 is 40.4. The van der Waals surface area contributed by atoms with E-state index in [1.165, 1.54) is 12.1 Å². The highest BCUT2D eigenvalue weighted by atomic mass is 35.5. The van der Waals surface area contributed by atoms with Crippen molar-refractivity contribution in [1.29, 1.82) is 0 Å². The van der Waals surface area contributed by atoms with Gasteiger partial charge in [-0.3, -0.25) is 0 Å². The van der Waals surface area contributed by atoms with E-state index in [0.717, 1.165) is 11.8 Å². The number of hydrogen-bond donors (Lipinski definition) is 1. The molecule has 0 saturated carbocycles. The molecule has 1 aromatic carbocycles. The summed E-state index contributed by atoms with van der Waals surface area (Å²) in [6.07, 6.45) is 1.10. The van der Waals surface area contributed by atoms with Gasteiger partial charge in [0.15, 0.2) is 15.7 Å². The van der Waals surface area contributed by atoms with Crippen LogP contribution in [0.15, 0.2) is 22.7 Å². The molecule has 1 unspecified atom stereocenters. The number of nitrogens with one attached hydrogen (secondary N) is 1. The van der Waals surface area contributed by atoms with E-state index in [0.29, 0.717) is 0 Å². The van der Waals surface area contributed by atoms with Crippen LogP contribution >= 0.6 is 11.6 Å². The fourth-order valence-corrected chi connectivity index (χ4v) is 2.57. The Balaban J connectivity index is 1.96. The van der Waals surface area contributed by atoms with Crippen molar-refractivity contribution >= 4 is 21.4 Å². The number of aromatic nitrogens is 2. The quantitative estimate of drug-likeness (QED) is 0.862. The van der Waals surface area contributed by atoms with E-state index in [2.05, 4.69) is 15.5 Å². The molecule has 0 bridgehead atoms. The van der Waals surface area contributed by atoms with E-state index in [1.807, 2.05) is 6.92 Å². The zero-order chi connectivity index (χ0) is 16.3. The number of nitrogens with zero attached hydrogens (tertiary/aromatic N) is 2. The number of benzene rings is 1. The molecule has 0 fully saturated rings. The lowest BCUT2D eigenvalue weighted by Gasteiger charge is -2.13. The van der Waals surface area contributed by atoms with E-state index >= 15 is 0 Å². The van der Waals surface area contributed by atoms with E-state index < -0.39 is 15.7 Å². The van der Waals surface area contributed by atoms with Crippen LogP contribution in [0.2, 0.25) is 5.02 Å². The Morgan fingerprint density at radius 2 is 2.18 bits per heavy atom. The van der Waals surface area contributed by atoms with Crippen molar-refractivity contribution < 1.29 is 17.3 Å². The second-order valence-corrected chi connectivity index (χ2v) is 7.50. The fourth-order valence-electron chi connectivity index (χ4n) is 1.80. The monoisotopic (exact) mass is 347 g/mol. The maximum atomic E-state index is 13.1. The van der Waals surface area contributed by atoms with Gasteiger partial charge in [0, 0.05) is 12.3 Å². The van der Waals surface area contributed by atoms with Crippen molar-refractivity contribution in [3.63, 3.8) is 0 Å². The van der Waals surface area contributed by atoms with Gasteiger partial charge >= 0.3 is 0 Å². The standard InChI is InChI=1S/C13H15ClFN3O3S/c1-8(9-3-4-11(15)10(14)5-9)16-6-13-17-12(18-21-13)7-22(2,19)20/h3-5,8,16H,6-7H2,1-2H3. The number of rotatable bonds is 6. The lowest BCUT2D eigenvalue weighted by molar-refractivity contribution is 0.357. The van der Waals surface area contributed by atoms with E-state index in [4.69, 9.17) is 16.1 Å². The Labute approximate surface area is 132 Å². The molecule has 120 valence electrons. The molecule has 2 aromatic rings. The molecule has 0 spiro atoms. The molecule has 6 nitrogen and oxygen atoms in total. The largest absolute Gasteiger partial charge is 0.338 e. The molecule has 0 saturated heterocycles. The van der Waals surface area contributed by atoms with Gasteiger partial charge in [0.2, 0.25) is 5.89 Å². The number of halogens is 2. The highest BCUT2D eigenvalue weighted by molar-refractivity contribution is 7.89. The third kappa shape index (κ3) is 4.75. The number of sulfone groups is 1. The lowest BCUT2D eigenvalue weighted by atomic mass is 10.1. The summed E-state index contributed by atoms with van der Waals surface area (Å²) in [6, 6.07) is 4.34. The van der Waals surface area contributed by atoms with Gasteiger partial charge in [-0.2, -0.15) is 4.98 Å². The minimum absolute atomic E-state index is 0.0550. The summed E-state index contributed by atoms with van der Waals surface area (Å²) in [5, 5.41) is 6.77. The minimum atomic E-state index is -3.20. The first-order valence-electron chi connectivity index (χ1n) is 6.42. The Morgan fingerprint density at radius 3 is 2.82 bits per heavy atom. The van der Waals surface area contributed by atoms with Crippen molar-refractivity contribution in [2.45, 2.75) is 25.3 Å². The van der Waals surface area contributed by atoms with Crippen molar-refractivity contribution in [2.75, 3.05) is 6.26 Å². The molecular weight excluding hydrogens is 333 g/mol. The maximum absolute atomic E-state index is 13.1. The second-order valence-electron chi connectivity index (χ2n) is 4.95. The molecule has 22 heavy (non-hydrogen) atoms. The van der Waals surface area contributed by atoms with Gasteiger partial charge in [-0.1, -0.05) is 22.8 Å². The minimum Gasteiger partial charge on any atom is -0.338 e. The van der Waals surface area contributed by atoms with Gasteiger partial charge in [-0.25, -0.2) is 12.8 Å². The lowest BCUT2D eigenvalue weighted by Crippen LogP contribution is -2.18. The average molecular weight is 348 g/mol. The predicted octanol–water partition coefficient (Wildman–Crippen LogP) is 2.26. The van der Waals surface area contributed by atoms with Gasteiger partial charge in [-0.15, -0.1) is 0 Å². The summed E-state index contributed by atoms with van der Waals surface area (Å²) in [5.74, 6) is -0.338. The van der Waals surface area contributed by atoms with Crippen LogP contribution in [0.1, 0.15) is 30.2 Å². The van der Waals surface area contributed by atoms with Crippen LogP contribution in [0.5, 0.6) is 0 Å². The van der Waals surface area contributed by atoms with Crippen molar-refractivity contribution in [1.82, 2.24) is 15.5 Å². The Bertz CT molecular complexity index is 764. The van der Waals surface area contributed by atoms with Crippen molar-refractivity contribution in [3.05, 3.63) is 46.3 Å². The summed E-state index contributed by atoms with van der Waals surface area (Å²) in [6.45, 7) is 2.13. The molecule has 0 aliphatic heterocycles. The first-order chi connectivity index (χ1) is 10.2. The smallest absolute Gasteiger partial charge is 0.240 e. The third-order valence-electron chi connectivity index (χ3n) is 2.90. The van der Waals surface area contributed by atoms with Crippen LogP contribution in [0.4, 0.5) is 4.39 Å². The zero-order valence-corrected chi connectivity index (χ0v) is 13.6. The molecule has 0 radical (unpaired) electrons. The third-order valence-corrected chi connectivity index (χ3v) is 3.98. The predicted molar refractivity (Wildman–Crippen MR) is 79.5 cm³/mol. The molecule has 0 aliphatic rings. The maximum Gasteiger partial charge on any atom is 0.240 e. The molecule has 1 N–H and O–H groups in total.